The highest BCUT2D eigenvalue weighted by Crippen LogP contribution is 2.27. The van der Waals surface area contributed by atoms with E-state index in [-0.39, 0.29) is 5.91 Å². The van der Waals surface area contributed by atoms with Crippen LogP contribution in [0.4, 0.5) is 0 Å². The van der Waals surface area contributed by atoms with Crippen LogP contribution in [-0.2, 0) is 11.2 Å². The molecule has 0 saturated heterocycles. The van der Waals surface area contributed by atoms with Crippen molar-refractivity contribution < 1.29 is 19.0 Å². The molecule has 0 aliphatic carbocycles. The Hall–Kier alpha value is -2.69. The van der Waals surface area contributed by atoms with Gasteiger partial charge in [-0.3, -0.25) is 4.79 Å². The molecule has 0 aromatic heterocycles. The third-order valence-electron chi connectivity index (χ3n) is 4.55. The summed E-state index contributed by atoms with van der Waals surface area (Å²) in [4.78, 5) is 12.0. The minimum Gasteiger partial charge on any atom is -0.494 e. The standard InChI is InChI=1S/C23H31NO4/c1-17(2)19-8-10-20(11-9-19)28-15-5-6-23(25)24-14-13-18-7-12-21(26-3)22(16-18)27-4/h7-12,16-17H,5-6,13-15H2,1-4H3,(H,24,25). The summed E-state index contributed by atoms with van der Waals surface area (Å²) < 4.78 is 16.2. The van der Waals surface area contributed by atoms with Gasteiger partial charge in [0.1, 0.15) is 5.75 Å². The van der Waals surface area contributed by atoms with Crippen molar-refractivity contribution in [2.45, 2.75) is 39.0 Å². The summed E-state index contributed by atoms with van der Waals surface area (Å²) in [5.41, 5.74) is 2.38. The van der Waals surface area contributed by atoms with Gasteiger partial charge in [0, 0.05) is 13.0 Å². The zero-order valence-electron chi connectivity index (χ0n) is 17.3. The molecule has 0 aliphatic heterocycles. The molecule has 2 aromatic rings. The van der Waals surface area contributed by atoms with Gasteiger partial charge < -0.3 is 19.5 Å². The molecular formula is C23H31NO4. The SMILES string of the molecule is COc1ccc(CCNC(=O)CCCOc2ccc(C(C)C)cc2)cc1OC. The first-order chi connectivity index (χ1) is 13.5. The fourth-order valence-corrected chi connectivity index (χ4v) is 2.84. The second kappa shape index (κ2) is 11.2. The summed E-state index contributed by atoms with van der Waals surface area (Å²) in [6.07, 6.45) is 1.88. The topological polar surface area (TPSA) is 56.8 Å². The number of benzene rings is 2. The van der Waals surface area contributed by atoms with E-state index >= 15 is 0 Å². The van der Waals surface area contributed by atoms with Gasteiger partial charge in [-0.1, -0.05) is 32.0 Å². The Labute approximate surface area is 168 Å². The Balaban J connectivity index is 1.63. The maximum absolute atomic E-state index is 12.0. The molecule has 0 spiro atoms. The van der Waals surface area contributed by atoms with Crippen LogP contribution in [0.15, 0.2) is 42.5 Å². The third kappa shape index (κ3) is 6.80. The van der Waals surface area contributed by atoms with Gasteiger partial charge in [0.25, 0.3) is 0 Å². The van der Waals surface area contributed by atoms with Crippen molar-refractivity contribution in [2.75, 3.05) is 27.4 Å². The summed E-state index contributed by atoms with van der Waals surface area (Å²) in [5, 5.41) is 2.95. The quantitative estimate of drug-likeness (QED) is 0.585. The van der Waals surface area contributed by atoms with Crippen LogP contribution in [0.5, 0.6) is 17.2 Å². The first kappa shape index (κ1) is 21.6. The number of methoxy groups -OCH3 is 2. The summed E-state index contributed by atoms with van der Waals surface area (Å²) in [6.45, 7) is 5.45. The number of carbonyl (C=O) groups is 1. The van der Waals surface area contributed by atoms with Crippen molar-refractivity contribution in [2.24, 2.45) is 0 Å². The number of ether oxygens (including phenoxy) is 3. The van der Waals surface area contributed by atoms with Crippen LogP contribution in [-0.4, -0.2) is 33.3 Å². The zero-order valence-corrected chi connectivity index (χ0v) is 17.3. The number of carbonyl (C=O) groups excluding carboxylic acids is 1. The second-order valence-electron chi connectivity index (χ2n) is 6.97. The Bertz CT molecular complexity index is 741. The van der Waals surface area contributed by atoms with Crippen molar-refractivity contribution >= 4 is 5.91 Å². The van der Waals surface area contributed by atoms with Crippen molar-refractivity contribution in [1.82, 2.24) is 5.32 Å². The summed E-state index contributed by atoms with van der Waals surface area (Å²) in [6, 6.07) is 13.9. The normalized spacial score (nSPS) is 10.6. The lowest BCUT2D eigenvalue weighted by Crippen LogP contribution is -2.25. The minimum absolute atomic E-state index is 0.0410. The molecule has 5 heteroatoms. The highest BCUT2D eigenvalue weighted by Gasteiger charge is 2.06. The zero-order chi connectivity index (χ0) is 20.4. The van der Waals surface area contributed by atoms with Crippen LogP contribution in [0.3, 0.4) is 0 Å². The van der Waals surface area contributed by atoms with E-state index in [2.05, 4.69) is 31.3 Å². The van der Waals surface area contributed by atoms with Crippen molar-refractivity contribution in [3.05, 3.63) is 53.6 Å². The first-order valence-corrected chi connectivity index (χ1v) is 9.74. The molecule has 2 rings (SSSR count). The molecule has 0 fully saturated rings. The number of hydrogen-bond acceptors (Lipinski definition) is 4. The van der Waals surface area contributed by atoms with Crippen molar-refractivity contribution in [3.8, 4) is 17.2 Å². The fourth-order valence-electron chi connectivity index (χ4n) is 2.84. The number of amides is 1. The van der Waals surface area contributed by atoms with E-state index in [0.717, 1.165) is 17.7 Å². The van der Waals surface area contributed by atoms with Gasteiger partial charge in [0.15, 0.2) is 11.5 Å². The second-order valence-corrected chi connectivity index (χ2v) is 6.97. The summed E-state index contributed by atoms with van der Waals surface area (Å²) in [7, 11) is 3.23. The van der Waals surface area contributed by atoms with Gasteiger partial charge in [0.2, 0.25) is 5.91 Å². The smallest absolute Gasteiger partial charge is 0.220 e. The van der Waals surface area contributed by atoms with Crippen LogP contribution in [0.2, 0.25) is 0 Å². The summed E-state index contributed by atoms with van der Waals surface area (Å²) >= 11 is 0. The molecule has 28 heavy (non-hydrogen) atoms. The van der Waals surface area contributed by atoms with Crippen LogP contribution in [0.1, 0.15) is 43.7 Å². The van der Waals surface area contributed by atoms with Crippen LogP contribution >= 0.6 is 0 Å². The van der Waals surface area contributed by atoms with E-state index in [0.29, 0.717) is 43.4 Å². The van der Waals surface area contributed by atoms with Gasteiger partial charge in [0.05, 0.1) is 20.8 Å². The molecular weight excluding hydrogens is 354 g/mol. The molecule has 0 atom stereocenters. The molecule has 0 bridgehead atoms. The Morgan fingerprint density at radius 3 is 2.36 bits per heavy atom. The predicted octanol–water partition coefficient (Wildman–Crippen LogP) is 4.35. The van der Waals surface area contributed by atoms with Crippen molar-refractivity contribution in [3.63, 3.8) is 0 Å². The lowest BCUT2D eigenvalue weighted by molar-refractivity contribution is -0.121. The Morgan fingerprint density at radius 1 is 1.00 bits per heavy atom. The molecule has 0 radical (unpaired) electrons. The minimum atomic E-state index is 0.0410. The molecule has 0 heterocycles. The van der Waals surface area contributed by atoms with Crippen molar-refractivity contribution in [1.29, 1.82) is 0 Å². The van der Waals surface area contributed by atoms with E-state index in [4.69, 9.17) is 14.2 Å². The van der Waals surface area contributed by atoms with Gasteiger partial charge in [-0.25, -0.2) is 0 Å². The molecule has 0 aliphatic rings. The largest absolute Gasteiger partial charge is 0.494 e. The van der Waals surface area contributed by atoms with Gasteiger partial charge >= 0.3 is 0 Å². The molecule has 0 saturated carbocycles. The van der Waals surface area contributed by atoms with E-state index < -0.39 is 0 Å². The van der Waals surface area contributed by atoms with Crippen LogP contribution in [0.25, 0.3) is 0 Å². The Kier molecular flexibility index (Phi) is 8.66. The molecule has 2 aromatic carbocycles. The van der Waals surface area contributed by atoms with Gasteiger partial charge in [-0.2, -0.15) is 0 Å². The monoisotopic (exact) mass is 385 g/mol. The van der Waals surface area contributed by atoms with E-state index in [9.17, 15) is 4.79 Å². The lowest BCUT2D eigenvalue weighted by atomic mass is 10.0. The van der Waals surface area contributed by atoms with E-state index in [1.807, 2.05) is 30.3 Å². The van der Waals surface area contributed by atoms with Gasteiger partial charge in [-0.05, 0) is 54.2 Å². The van der Waals surface area contributed by atoms with Crippen LogP contribution in [0, 0.1) is 0 Å². The highest BCUT2D eigenvalue weighted by molar-refractivity contribution is 5.75. The predicted molar refractivity (Wildman–Crippen MR) is 112 cm³/mol. The third-order valence-corrected chi connectivity index (χ3v) is 4.55. The number of rotatable bonds is 11. The number of nitrogens with one attached hydrogen (secondary N) is 1. The molecule has 1 N–H and O–H groups in total. The molecule has 1 amide bonds. The molecule has 0 unspecified atom stereocenters. The van der Waals surface area contributed by atoms with Gasteiger partial charge in [-0.15, -0.1) is 0 Å². The van der Waals surface area contributed by atoms with E-state index in [1.165, 1.54) is 5.56 Å². The van der Waals surface area contributed by atoms with E-state index in [1.54, 1.807) is 14.2 Å². The Morgan fingerprint density at radius 2 is 1.71 bits per heavy atom. The maximum atomic E-state index is 12.0. The van der Waals surface area contributed by atoms with Crippen LogP contribution < -0.4 is 19.5 Å². The molecule has 5 nitrogen and oxygen atoms in total. The maximum Gasteiger partial charge on any atom is 0.220 e. The molecule has 152 valence electrons. The number of hydrogen-bond donors (Lipinski definition) is 1. The first-order valence-electron chi connectivity index (χ1n) is 9.74. The fraction of sp³-hybridized carbons (Fsp3) is 0.435. The average molecular weight is 386 g/mol. The highest BCUT2D eigenvalue weighted by atomic mass is 16.5. The lowest BCUT2D eigenvalue weighted by Gasteiger charge is -2.10. The summed E-state index contributed by atoms with van der Waals surface area (Å²) in [5.74, 6) is 2.80. The average Bonchev–Trinajstić information content (AvgIpc) is 2.71.